The van der Waals surface area contributed by atoms with Crippen LogP contribution in [0, 0.1) is 10.8 Å². The van der Waals surface area contributed by atoms with Gasteiger partial charge in [-0.3, -0.25) is 4.79 Å². The number of carbonyl (C=O) groups excluding carboxylic acids is 1. The van der Waals surface area contributed by atoms with Crippen molar-refractivity contribution < 1.29 is 4.79 Å². The molecule has 0 N–H and O–H groups in total. The minimum Gasteiger partial charge on any atom is -0.299 e. The Morgan fingerprint density at radius 1 is 1.18 bits per heavy atom. The molecule has 0 aromatic carbocycles. The first-order valence-electron chi connectivity index (χ1n) is 4.41. The molecule has 11 heavy (non-hydrogen) atoms. The van der Waals surface area contributed by atoms with Crippen LogP contribution in [0.3, 0.4) is 0 Å². The van der Waals surface area contributed by atoms with E-state index >= 15 is 0 Å². The average Bonchev–Trinajstić information content (AvgIpc) is 2.09. The summed E-state index contributed by atoms with van der Waals surface area (Å²) in [6.45, 7) is 8.26. The highest BCUT2D eigenvalue weighted by Crippen LogP contribution is 2.52. The maximum absolute atomic E-state index is 11.4. The molecule has 0 aromatic heterocycles. The molecule has 0 saturated heterocycles. The van der Waals surface area contributed by atoms with Crippen molar-refractivity contribution in [3.63, 3.8) is 0 Å². The summed E-state index contributed by atoms with van der Waals surface area (Å²) in [5, 5.41) is 0. The standard InChI is InChI=1S/C10H18O/c1-8(11)10(4)7-5-6-9(10,2)3/h5-7H2,1-4H3/t10-/m0/s1. The van der Waals surface area contributed by atoms with Crippen LogP contribution < -0.4 is 0 Å². The van der Waals surface area contributed by atoms with Gasteiger partial charge in [0.05, 0.1) is 0 Å². The van der Waals surface area contributed by atoms with E-state index in [2.05, 4.69) is 20.8 Å². The van der Waals surface area contributed by atoms with Crippen LogP contribution in [0.4, 0.5) is 0 Å². The van der Waals surface area contributed by atoms with Gasteiger partial charge in [0, 0.05) is 5.41 Å². The summed E-state index contributed by atoms with van der Waals surface area (Å²) in [6, 6.07) is 0. The minimum atomic E-state index is -0.0486. The molecule has 1 nitrogen and oxygen atoms in total. The van der Waals surface area contributed by atoms with E-state index in [-0.39, 0.29) is 10.8 Å². The van der Waals surface area contributed by atoms with Crippen molar-refractivity contribution in [3.05, 3.63) is 0 Å². The molecule has 1 aliphatic carbocycles. The lowest BCUT2D eigenvalue weighted by Gasteiger charge is -2.35. The lowest BCUT2D eigenvalue weighted by molar-refractivity contribution is -0.130. The van der Waals surface area contributed by atoms with Gasteiger partial charge in [-0.2, -0.15) is 0 Å². The molecule has 0 aromatic rings. The van der Waals surface area contributed by atoms with Crippen LogP contribution in [0.25, 0.3) is 0 Å². The van der Waals surface area contributed by atoms with E-state index in [4.69, 9.17) is 0 Å². The highest BCUT2D eigenvalue weighted by molar-refractivity contribution is 5.83. The summed E-state index contributed by atoms with van der Waals surface area (Å²) < 4.78 is 0. The van der Waals surface area contributed by atoms with E-state index in [1.165, 1.54) is 12.8 Å². The first-order valence-corrected chi connectivity index (χ1v) is 4.41. The zero-order chi connectivity index (χ0) is 8.70. The van der Waals surface area contributed by atoms with E-state index in [1.807, 2.05) is 0 Å². The van der Waals surface area contributed by atoms with Gasteiger partial charge in [0.15, 0.2) is 0 Å². The quantitative estimate of drug-likeness (QED) is 0.567. The topological polar surface area (TPSA) is 17.1 Å². The number of hydrogen-bond donors (Lipinski definition) is 0. The summed E-state index contributed by atoms with van der Waals surface area (Å²) in [6.07, 6.45) is 3.49. The zero-order valence-electron chi connectivity index (χ0n) is 8.03. The molecule has 0 heterocycles. The molecule has 1 rings (SSSR count). The molecular weight excluding hydrogens is 136 g/mol. The van der Waals surface area contributed by atoms with Crippen LogP contribution in [0.15, 0.2) is 0 Å². The van der Waals surface area contributed by atoms with Crippen molar-refractivity contribution in [3.8, 4) is 0 Å². The summed E-state index contributed by atoms with van der Waals surface area (Å²) in [5.41, 5.74) is 0.172. The van der Waals surface area contributed by atoms with Crippen LogP contribution in [-0.2, 0) is 4.79 Å². The predicted octanol–water partition coefficient (Wildman–Crippen LogP) is 2.79. The van der Waals surface area contributed by atoms with E-state index < -0.39 is 0 Å². The molecule has 0 spiro atoms. The fourth-order valence-corrected chi connectivity index (χ4v) is 2.15. The van der Waals surface area contributed by atoms with Crippen molar-refractivity contribution in [1.82, 2.24) is 0 Å². The van der Waals surface area contributed by atoms with Crippen LogP contribution in [0.2, 0.25) is 0 Å². The van der Waals surface area contributed by atoms with Crippen molar-refractivity contribution in [1.29, 1.82) is 0 Å². The number of Topliss-reactive ketones (excluding diaryl/α,β-unsaturated/α-hetero) is 1. The highest BCUT2D eigenvalue weighted by Gasteiger charge is 2.48. The van der Waals surface area contributed by atoms with E-state index in [0.29, 0.717) is 5.78 Å². The normalized spacial score (nSPS) is 35.6. The molecule has 1 aliphatic rings. The molecule has 1 fully saturated rings. The van der Waals surface area contributed by atoms with Gasteiger partial charge < -0.3 is 0 Å². The van der Waals surface area contributed by atoms with Crippen LogP contribution in [-0.4, -0.2) is 5.78 Å². The lowest BCUT2D eigenvalue weighted by atomic mass is 9.67. The van der Waals surface area contributed by atoms with Crippen LogP contribution in [0.1, 0.15) is 47.0 Å². The fraction of sp³-hybridized carbons (Fsp3) is 0.900. The lowest BCUT2D eigenvalue weighted by Crippen LogP contribution is -2.35. The Morgan fingerprint density at radius 3 is 1.91 bits per heavy atom. The molecular formula is C10H18O. The maximum Gasteiger partial charge on any atom is 0.136 e. The first kappa shape index (κ1) is 8.76. The summed E-state index contributed by atoms with van der Waals surface area (Å²) >= 11 is 0. The van der Waals surface area contributed by atoms with Crippen molar-refractivity contribution in [2.24, 2.45) is 10.8 Å². The molecule has 64 valence electrons. The van der Waals surface area contributed by atoms with Crippen molar-refractivity contribution in [2.45, 2.75) is 47.0 Å². The SMILES string of the molecule is CC(=O)[C@]1(C)CCCC1(C)C. The Hall–Kier alpha value is -0.330. The molecule has 1 heteroatoms. The molecule has 0 amide bonds. The van der Waals surface area contributed by atoms with Crippen LogP contribution in [0.5, 0.6) is 0 Å². The predicted molar refractivity (Wildman–Crippen MR) is 46.4 cm³/mol. The Kier molecular flexibility index (Phi) is 1.85. The van der Waals surface area contributed by atoms with Gasteiger partial charge in [0.1, 0.15) is 5.78 Å². The smallest absolute Gasteiger partial charge is 0.136 e. The largest absolute Gasteiger partial charge is 0.299 e. The number of hydrogen-bond acceptors (Lipinski definition) is 1. The highest BCUT2D eigenvalue weighted by atomic mass is 16.1. The van der Waals surface area contributed by atoms with Crippen LogP contribution >= 0.6 is 0 Å². The summed E-state index contributed by atoms with van der Waals surface area (Å²) in [4.78, 5) is 11.4. The second-order valence-corrected chi connectivity index (χ2v) is 4.63. The van der Waals surface area contributed by atoms with E-state index in [1.54, 1.807) is 6.92 Å². The molecule has 0 radical (unpaired) electrons. The Labute approximate surface area is 69.2 Å². The molecule has 1 atom stereocenters. The van der Waals surface area contributed by atoms with Gasteiger partial charge in [-0.25, -0.2) is 0 Å². The third-order valence-electron chi connectivity index (χ3n) is 3.75. The first-order chi connectivity index (χ1) is 4.90. The van der Waals surface area contributed by atoms with Crippen molar-refractivity contribution in [2.75, 3.05) is 0 Å². The fourth-order valence-electron chi connectivity index (χ4n) is 2.15. The van der Waals surface area contributed by atoms with Gasteiger partial charge in [-0.05, 0) is 25.2 Å². The van der Waals surface area contributed by atoms with Gasteiger partial charge in [0.25, 0.3) is 0 Å². The number of rotatable bonds is 1. The second-order valence-electron chi connectivity index (χ2n) is 4.63. The number of carbonyl (C=O) groups is 1. The third-order valence-corrected chi connectivity index (χ3v) is 3.75. The Bertz CT molecular complexity index is 181. The molecule has 0 bridgehead atoms. The maximum atomic E-state index is 11.4. The van der Waals surface area contributed by atoms with E-state index in [0.717, 1.165) is 6.42 Å². The third kappa shape index (κ3) is 1.11. The van der Waals surface area contributed by atoms with Gasteiger partial charge in [0.2, 0.25) is 0 Å². The molecule has 1 saturated carbocycles. The summed E-state index contributed by atoms with van der Waals surface area (Å²) in [7, 11) is 0. The summed E-state index contributed by atoms with van der Waals surface area (Å²) in [5.74, 6) is 0.361. The minimum absolute atomic E-state index is 0.0486. The van der Waals surface area contributed by atoms with Gasteiger partial charge in [-0.1, -0.05) is 27.2 Å². The monoisotopic (exact) mass is 154 g/mol. The van der Waals surface area contributed by atoms with Gasteiger partial charge >= 0.3 is 0 Å². The second kappa shape index (κ2) is 2.33. The van der Waals surface area contributed by atoms with E-state index in [9.17, 15) is 4.79 Å². The number of ketones is 1. The Morgan fingerprint density at radius 2 is 1.73 bits per heavy atom. The Balaban J connectivity index is 2.93. The average molecular weight is 154 g/mol. The molecule has 0 unspecified atom stereocenters. The van der Waals surface area contributed by atoms with Crippen molar-refractivity contribution >= 4 is 5.78 Å². The zero-order valence-corrected chi connectivity index (χ0v) is 8.03. The van der Waals surface area contributed by atoms with Gasteiger partial charge in [-0.15, -0.1) is 0 Å². The molecule has 0 aliphatic heterocycles.